The van der Waals surface area contributed by atoms with Gasteiger partial charge in [-0.1, -0.05) is 6.07 Å². The van der Waals surface area contributed by atoms with E-state index in [2.05, 4.69) is 19.0 Å². The van der Waals surface area contributed by atoms with Crippen LogP contribution in [0.15, 0.2) is 29.2 Å². The van der Waals surface area contributed by atoms with Gasteiger partial charge in [-0.25, -0.2) is 0 Å². The van der Waals surface area contributed by atoms with Gasteiger partial charge in [-0.15, -0.1) is 11.8 Å². The van der Waals surface area contributed by atoms with Crippen molar-refractivity contribution in [2.45, 2.75) is 42.7 Å². The first-order valence-corrected chi connectivity index (χ1v) is 10.2. The molecule has 138 valence electrons. The molecular weight excluding hydrogens is 332 g/mol. The van der Waals surface area contributed by atoms with Crippen molar-refractivity contribution in [3.05, 3.63) is 24.3 Å². The van der Waals surface area contributed by atoms with Gasteiger partial charge in [0.1, 0.15) is 5.75 Å². The Labute approximate surface area is 155 Å². The smallest absolute Gasteiger partial charge is 0.232 e. The Balaban J connectivity index is 1.49. The summed E-state index contributed by atoms with van der Waals surface area (Å²) in [6.45, 7) is 0. The number of carbonyl (C=O) groups is 1. The molecule has 2 unspecified atom stereocenters. The zero-order valence-corrected chi connectivity index (χ0v) is 16.6. The molecule has 4 atom stereocenters. The summed E-state index contributed by atoms with van der Waals surface area (Å²) in [6, 6.07) is 9.07. The fourth-order valence-corrected chi connectivity index (χ4v) is 5.30. The molecule has 2 aliphatic carbocycles. The Morgan fingerprint density at radius 3 is 2.36 bits per heavy atom. The Bertz CT molecular complexity index is 593. The highest BCUT2D eigenvalue weighted by Gasteiger charge is 2.43. The standard InChI is InChI=1S/C20H30N2O2S/c1-21(2)16-8-14-10-17(11-15(14)9-16)22(3)20(23)13-25-19-7-5-6-18(12-19)24-4/h5-7,12,14-17H,8-11,13H2,1-4H3/t14-,15+,16?,17?. The second-order valence-corrected chi connectivity index (χ2v) is 8.76. The molecule has 4 nitrogen and oxygen atoms in total. The minimum Gasteiger partial charge on any atom is -0.497 e. The molecule has 1 aromatic rings. The third kappa shape index (κ3) is 4.32. The van der Waals surface area contributed by atoms with Crippen molar-refractivity contribution >= 4 is 17.7 Å². The van der Waals surface area contributed by atoms with Gasteiger partial charge in [0, 0.05) is 24.0 Å². The van der Waals surface area contributed by atoms with Crippen molar-refractivity contribution in [2.75, 3.05) is 34.0 Å². The van der Waals surface area contributed by atoms with Gasteiger partial charge in [-0.3, -0.25) is 4.79 Å². The zero-order valence-electron chi connectivity index (χ0n) is 15.8. The summed E-state index contributed by atoms with van der Waals surface area (Å²) in [5.74, 6) is 3.18. The van der Waals surface area contributed by atoms with Gasteiger partial charge in [-0.2, -0.15) is 0 Å². The number of amides is 1. The van der Waals surface area contributed by atoms with Crippen molar-refractivity contribution in [3.8, 4) is 5.75 Å². The van der Waals surface area contributed by atoms with E-state index in [0.29, 0.717) is 11.8 Å². The van der Waals surface area contributed by atoms with E-state index in [-0.39, 0.29) is 5.91 Å². The number of hydrogen-bond acceptors (Lipinski definition) is 4. The number of rotatable bonds is 6. The normalized spacial score (nSPS) is 28.2. The first kappa shape index (κ1) is 18.6. The predicted octanol–water partition coefficient (Wildman–Crippen LogP) is 3.36. The van der Waals surface area contributed by atoms with Crippen LogP contribution in [0.2, 0.25) is 0 Å². The zero-order chi connectivity index (χ0) is 18.0. The van der Waals surface area contributed by atoms with E-state index in [1.807, 2.05) is 36.2 Å². The third-order valence-electron chi connectivity index (χ3n) is 6.04. The Hall–Kier alpha value is -1.20. The van der Waals surface area contributed by atoms with Crippen LogP contribution in [0.3, 0.4) is 0 Å². The monoisotopic (exact) mass is 362 g/mol. The third-order valence-corrected chi connectivity index (χ3v) is 7.02. The highest BCUT2D eigenvalue weighted by molar-refractivity contribution is 8.00. The summed E-state index contributed by atoms with van der Waals surface area (Å²) in [6.07, 6.45) is 4.96. The van der Waals surface area contributed by atoms with Gasteiger partial charge in [0.25, 0.3) is 0 Å². The average Bonchev–Trinajstić information content (AvgIpc) is 3.18. The van der Waals surface area contributed by atoms with Crippen molar-refractivity contribution < 1.29 is 9.53 Å². The van der Waals surface area contributed by atoms with E-state index >= 15 is 0 Å². The Morgan fingerprint density at radius 2 is 1.76 bits per heavy atom. The minimum absolute atomic E-state index is 0.238. The molecule has 3 rings (SSSR count). The lowest BCUT2D eigenvalue weighted by Crippen LogP contribution is -2.37. The van der Waals surface area contributed by atoms with Crippen molar-refractivity contribution in [1.29, 1.82) is 0 Å². The van der Waals surface area contributed by atoms with Crippen LogP contribution in [0, 0.1) is 11.8 Å². The van der Waals surface area contributed by atoms with Crippen LogP contribution >= 0.6 is 11.8 Å². The number of carbonyl (C=O) groups excluding carboxylic acids is 1. The maximum Gasteiger partial charge on any atom is 0.232 e. The lowest BCUT2D eigenvalue weighted by molar-refractivity contribution is -0.129. The molecule has 0 aromatic heterocycles. The predicted molar refractivity (Wildman–Crippen MR) is 103 cm³/mol. The van der Waals surface area contributed by atoms with Gasteiger partial charge in [0.2, 0.25) is 5.91 Å². The number of thioether (sulfide) groups is 1. The first-order valence-electron chi connectivity index (χ1n) is 9.17. The molecule has 1 amide bonds. The van der Waals surface area contributed by atoms with Crippen LogP contribution in [0.25, 0.3) is 0 Å². The molecule has 1 aromatic carbocycles. The second-order valence-electron chi connectivity index (χ2n) is 7.71. The van der Waals surface area contributed by atoms with Crippen LogP contribution < -0.4 is 4.74 Å². The second kappa shape index (κ2) is 8.00. The fraction of sp³-hybridized carbons (Fsp3) is 0.650. The quantitative estimate of drug-likeness (QED) is 0.727. The van der Waals surface area contributed by atoms with E-state index < -0.39 is 0 Å². The summed E-state index contributed by atoms with van der Waals surface area (Å²) >= 11 is 1.59. The van der Waals surface area contributed by atoms with Crippen molar-refractivity contribution in [2.24, 2.45) is 11.8 Å². The molecule has 0 spiro atoms. The summed E-state index contributed by atoms with van der Waals surface area (Å²) in [5.41, 5.74) is 0. The molecule has 5 heteroatoms. The van der Waals surface area contributed by atoms with E-state index in [9.17, 15) is 4.79 Å². The number of ether oxygens (including phenoxy) is 1. The molecule has 2 fully saturated rings. The molecule has 0 heterocycles. The van der Waals surface area contributed by atoms with Crippen LogP contribution in [-0.4, -0.2) is 61.8 Å². The van der Waals surface area contributed by atoms with Gasteiger partial charge < -0.3 is 14.5 Å². The number of nitrogens with zero attached hydrogens (tertiary/aromatic N) is 2. The van der Waals surface area contributed by atoms with E-state index in [1.165, 1.54) is 25.7 Å². The number of methoxy groups -OCH3 is 1. The van der Waals surface area contributed by atoms with Crippen LogP contribution in [0.4, 0.5) is 0 Å². The van der Waals surface area contributed by atoms with Gasteiger partial charge in [0.05, 0.1) is 12.9 Å². The molecule has 0 aliphatic heterocycles. The number of fused-ring (bicyclic) bond motifs is 1. The average molecular weight is 363 g/mol. The molecule has 0 saturated heterocycles. The van der Waals surface area contributed by atoms with Crippen molar-refractivity contribution in [1.82, 2.24) is 9.80 Å². The lowest BCUT2D eigenvalue weighted by atomic mass is 10.0. The lowest BCUT2D eigenvalue weighted by Gasteiger charge is -2.27. The van der Waals surface area contributed by atoms with Gasteiger partial charge in [-0.05, 0) is 69.8 Å². The molecular formula is C20H30N2O2S. The Morgan fingerprint density at radius 1 is 1.12 bits per heavy atom. The molecule has 0 bridgehead atoms. The van der Waals surface area contributed by atoms with Crippen LogP contribution in [0.5, 0.6) is 5.75 Å². The molecule has 2 saturated carbocycles. The van der Waals surface area contributed by atoms with Gasteiger partial charge in [0.15, 0.2) is 0 Å². The maximum atomic E-state index is 12.6. The number of benzene rings is 1. The van der Waals surface area contributed by atoms with E-state index in [0.717, 1.165) is 28.5 Å². The topological polar surface area (TPSA) is 32.8 Å². The molecule has 2 aliphatic rings. The van der Waals surface area contributed by atoms with Gasteiger partial charge >= 0.3 is 0 Å². The summed E-state index contributed by atoms with van der Waals surface area (Å²) < 4.78 is 5.25. The SMILES string of the molecule is COc1cccc(SCC(=O)N(C)C2C[C@H]3CC(N(C)C)C[C@H]3C2)c1. The van der Waals surface area contributed by atoms with Crippen molar-refractivity contribution in [3.63, 3.8) is 0 Å². The first-order chi connectivity index (χ1) is 12.0. The highest BCUT2D eigenvalue weighted by Crippen LogP contribution is 2.46. The maximum absolute atomic E-state index is 12.6. The van der Waals surface area contributed by atoms with E-state index in [4.69, 9.17) is 4.74 Å². The Kier molecular flexibility index (Phi) is 5.95. The van der Waals surface area contributed by atoms with Crippen LogP contribution in [0.1, 0.15) is 25.7 Å². The fourth-order valence-electron chi connectivity index (χ4n) is 4.43. The summed E-state index contributed by atoms with van der Waals surface area (Å²) in [4.78, 5) is 18.1. The minimum atomic E-state index is 0.238. The summed E-state index contributed by atoms with van der Waals surface area (Å²) in [5, 5.41) is 0. The van der Waals surface area contributed by atoms with Crippen LogP contribution in [-0.2, 0) is 4.79 Å². The number of hydrogen-bond donors (Lipinski definition) is 0. The van der Waals surface area contributed by atoms with E-state index in [1.54, 1.807) is 18.9 Å². The molecule has 25 heavy (non-hydrogen) atoms. The molecule has 0 radical (unpaired) electrons. The highest BCUT2D eigenvalue weighted by atomic mass is 32.2. The summed E-state index contributed by atoms with van der Waals surface area (Å²) in [7, 11) is 8.04. The largest absolute Gasteiger partial charge is 0.497 e. The molecule has 0 N–H and O–H groups in total.